The number of carbonyl (C=O) groups excluding carboxylic acids is 1. The Labute approximate surface area is 151 Å². The Morgan fingerprint density at radius 2 is 2.17 bits per heavy atom. The molecule has 23 heavy (non-hydrogen) atoms. The van der Waals surface area contributed by atoms with E-state index in [4.69, 9.17) is 4.74 Å². The summed E-state index contributed by atoms with van der Waals surface area (Å²) in [5, 5.41) is 6.23. The maximum absolute atomic E-state index is 12.0. The van der Waals surface area contributed by atoms with Crippen LogP contribution < -0.4 is 15.4 Å². The quantitative estimate of drug-likeness (QED) is 0.780. The molecule has 0 saturated carbocycles. The molecule has 1 saturated heterocycles. The molecule has 0 bridgehead atoms. The van der Waals surface area contributed by atoms with Gasteiger partial charge in [0, 0.05) is 24.7 Å². The molecule has 1 heterocycles. The summed E-state index contributed by atoms with van der Waals surface area (Å²) >= 11 is 0. The molecule has 7 heteroatoms. The van der Waals surface area contributed by atoms with Crippen molar-refractivity contribution in [2.45, 2.75) is 12.8 Å². The topological polar surface area (TPSA) is 53.6 Å². The summed E-state index contributed by atoms with van der Waals surface area (Å²) < 4.78 is 5.67. The lowest BCUT2D eigenvalue weighted by Gasteiger charge is -2.13. The van der Waals surface area contributed by atoms with Crippen LogP contribution in [0.15, 0.2) is 24.3 Å². The molecule has 1 aromatic carbocycles. The van der Waals surface area contributed by atoms with Crippen LogP contribution in [0, 0.1) is 5.92 Å². The molecule has 0 aliphatic carbocycles. The molecule has 1 aliphatic rings. The van der Waals surface area contributed by atoms with Crippen LogP contribution in [0.3, 0.4) is 0 Å². The van der Waals surface area contributed by atoms with Crippen molar-refractivity contribution >= 4 is 36.4 Å². The third-order valence-electron chi connectivity index (χ3n) is 3.56. The molecule has 0 spiro atoms. The van der Waals surface area contributed by atoms with Crippen LogP contribution in [0.25, 0.3) is 0 Å². The number of carbonyl (C=O) groups is 1. The smallest absolute Gasteiger partial charge is 0.224 e. The summed E-state index contributed by atoms with van der Waals surface area (Å²) in [5.74, 6) is 1.33. The molecule has 1 unspecified atom stereocenters. The van der Waals surface area contributed by atoms with Gasteiger partial charge in [0.15, 0.2) is 0 Å². The van der Waals surface area contributed by atoms with E-state index in [9.17, 15) is 4.79 Å². The summed E-state index contributed by atoms with van der Waals surface area (Å²) in [4.78, 5) is 14.1. The Morgan fingerprint density at radius 1 is 1.39 bits per heavy atom. The zero-order valence-electron chi connectivity index (χ0n) is 13.7. The van der Waals surface area contributed by atoms with Gasteiger partial charge in [-0.2, -0.15) is 0 Å². The average molecular weight is 364 g/mol. The van der Waals surface area contributed by atoms with Gasteiger partial charge in [-0.1, -0.05) is 6.07 Å². The number of benzene rings is 1. The number of amides is 1. The third-order valence-corrected chi connectivity index (χ3v) is 3.56. The van der Waals surface area contributed by atoms with Crippen LogP contribution in [-0.4, -0.2) is 51.1 Å². The number of nitrogens with one attached hydrogen (secondary N) is 2. The van der Waals surface area contributed by atoms with E-state index in [0.717, 1.165) is 37.5 Å². The van der Waals surface area contributed by atoms with Gasteiger partial charge in [-0.3, -0.25) is 4.79 Å². The highest BCUT2D eigenvalue weighted by Crippen LogP contribution is 2.19. The lowest BCUT2D eigenvalue weighted by atomic mass is 10.0. The first kappa shape index (κ1) is 22.0. The van der Waals surface area contributed by atoms with E-state index in [1.807, 2.05) is 38.4 Å². The van der Waals surface area contributed by atoms with E-state index in [1.54, 1.807) is 0 Å². The summed E-state index contributed by atoms with van der Waals surface area (Å²) in [7, 11) is 4.02. The molecule has 0 radical (unpaired) electrons. The van der Waals surface area contributed by atoms with E-state index in [2.05, 4.69) is 15.5 Å². The number of ether oxygens (including phenoxy) is 1. The van der Waals surface area contributed by atoms with Crippen molar-refractivity contribution in [1.82, 2.24) is 10.2 Å². The first-order valence-electron chi connectivity index (χ1n) is 7.51. The summed E-state index contributed by atoms with van der Waals surface area (Å²) in [6.07, 6.45) is 1.67. The molecule has 1 amide bonds. The van der Waals surface area contributed by atoms with Crippen molar-refractivity contribution in [3.8, 4) is 5.75 Å². The summed E-state index contributed by atoms with van der Waals surface area (Å²) in [6, 6.07) is 7.58. The predicted octanol–water partition coefficient (Wildman–Crippen LogP) is 2.41. The predicted molar refractivity (Wildman–Crippen MR) is 99.2 cm³/mol. The van der Waals surface area contributed by atoms with Gasteiger partial charge in [0.1, 0.15) is 12.4 Å². The Hall–Kier alpha value is -1.01. The molecule has 5 nitrogen and oxygen atoms in total. The van der Waals surface area contributed by atoms with Gasteiger partial charge in [0.05, 0.1) is 0 Å². The summed E-state index contributed by atoms with van der Waals surface area (Å²) in [5.41, 5.74) is 0.799. The molecule has 2 N–H and O–H groups in total. The highest BCUT2D eigenvalue weighted by molar-refractivity contribution is 5.91. The first-order chi connectivity index (χ1) is 10.1. The standard InChI is InChI=1S/C16H25N3O2.2ClH/c1-19(2)8-9-21-15-5-3-4-14(11-15)18-16(20)10-13-6-7-17-12-13;;/h3-5,11,13,17H,6-10,12H2,1-2H3,(H,18,20);2*1H. The number of rotatable bonds is 7. The first-order valence-corrected chi connectivity index (χ1v) is 7.51. The largest absolute Gasteiger partial charge is 0.492 e. The Kier molecular flexibility index (Phi) is 11.0. The fourth-order valence-electron chi connectivity index (χ4n) is 2.37. The number of hydrogen-bond donors (Lipinski definition) is 2. The van der Waals surface area contributed by atoms with Crippen molar-refractivity contribution in [3.05, 3.63) is 24.3 Å². The van der Waals surface area contributed by atoms with E-state index in [-0.39, 0.29) is 30.7 Å². The van der Waals surface area contributed by atoms with Crippen LogP contribution in [-0.2, 0) is 4.79 Å². The molecule has 2 rings (SSSR count). The molecular formula is C16H27Cl2N3O2. The lowest BCUT2D eigenvalue weighted by molar-refractivity contribution is -0.116. The number of nitrogens with zero attached hydrogens (tertiary/aromatic N) is 1. The van der Waals surface area contributed by atoms with Crippen molar-refractivity contribution in [3.63, 3.8) is 0 Å². The number of likely N-dealkylation sites (N-methyl/N-ethyl adjacent to an activating group) is 1. The van der Waals surface area contributed by atoms with Crippen LogP contribution >= 0.6 is 24.8 Å². The molecular weight excluding hydrogens is 337 g/mol. The van der Waals surface area contributed by atoms with E-state index in [1.165, 1.54) is 0 Å². The van der Waals surface area contributed by atoms with Crippen molar-refractivity contribution in [1.29, 1.82) is 0 Å². The summed E-state index contributed by atoms with van der Waals surface area (Å²) in [6.45, 7) is 3.47. The Bertz CT molecular complexity index is 466. The zero-order chi connectivity index (χ0) is 15.1. The van der Waals surface area contributed by atoms with Crippen LogP contribution in [0.4, 0.5) is 5.69 Å². The minimum Gasteiger partial charge on any atom is -0.492 e. The number of anilines is 1. The highest BCUT2D eigenvalue weighted by Gasteiger charge is 2.18. The SMILES string of the molecule is CN(C)CCOc1cccc(NC(=O)CC2CCNC2)c1.Cl.Cl. The number of hydrogen-bond acceptors (Lipinski definition) is 4. The van der Waals surface area contributed by atoms with Gasteiger partial charge < -0.3 is 20.3 Å². The Balaban J connectivity index is 0.00000242. The van der Waals surface area contributed by atoms with Crippen LogP contribution in [0.1, 0.15) is 12.8 Å². The lowest BCUT2D eigenvalue weighted by Crippen LogP contribution is -2.19. The minimum atomic E-state index is 0. The Morgan fingerprint density at radius 3 is 2.83 bits per heavy atom. The van der Waals surface area contributed by atoms with Gasteiger partial charge in [-0.05, 0) is 51.7 Å². The fraction of sp³-hybridized carbons (Fsp3) is 0.562. The van der Waals surface area contributed by atoms with Crippen molar-refractivity contribution < 1.29 is 9.53 Å². The third kappa shape index (κ3) is 8.42. The molecule has 1 atom stereocenters. The fourth-order valence-corrected chi connectivity index (χ4v) is 2.37. The second-order valence-corrected chi connectivity index (χ2v) is 5.79. The molecule has 1 aromatic rings. The molecule has 1 aliphatic heterocycles. The second kappa shape index (κ2) is 11.5. The average Bonchev–Trinajstić information content (AvgIpc) is 2.91. The normalized spacial score (nSPS) is 16.4. The van der Waals surface area contributed by atoms with Gasteiger partial charge in [0.2, 0.25) is 5.91 Å². The van der Waals surface area contributed by atoms with E-state index >= 15 is 0 Å². The highest BCUT2D eigenvalue weighted by atomic mass is 35.5. The maximum Gasteiger partial charge on any atom is 0.224 e. The van der Waals surface area contributed by atoms with E-state index in [0.29, 0.717) is 18.9 Å². The van der Waals surface area contributed by atoms with Crippen molar-refractivity contribution in [2.75, 3.05) is 45.7 Å². The number of halogens is 2. The molecule has 0 aromatic heterocycles. The molecule has 1 fully saturated rings. The monoisotopic (exact) mass is 363 g/mol. The van der Waals surface area contributed by atoms with E-state index < -0.39 is 0 Å². The van der Waals surface area contributed by atoms with Crippen LogP contribution in [0.2, 0.25) is 0 Å². The minimum absolute atomic E-state index is 0. The van der Waals surface area contributed by atoms with Gasteiger partial charge >= 0.3 is 0 Å². The molecule has 132 valence electrons. The maximum atomic E-state index is 12.0. The zero-order valence-corrected chi connectivity index (χ0v) is 15.3. The van der Waals surface area contributed by atoms with Crippen molar-refractivity contribution in [2.24, 2.45) is 5.92 Å². The van der Waals surface area contributed by atoms with Crippen LogP contribution in [0.5, 0.6) is 5.75 Å². The van der Waals surface area contributed by atoms with Gasteiger partial charge in [-0.15, -0.1) is 24.8 Å². The second-order valence-electron chi connectivity index (χ2n) is 5.79. The van der Waals surface area contributed by atoms with Gasteiger partial charge in [-0.25, -0.2) is 0 Å². The van der Waals surface area contributed by atoms with Gasteiger partial charge in [0.25, 0.3) is 0 Å².